The van der Waals surface area contributed by atoms with Crippen LogP contribution in [0.2, 0.25) is 0 Å². The molecule has 10 heteroatoms. The Hall–Kier alpha value is -3.27. The number of aromatic nitrogens is 2. The van der Waals surface area contributed by atoms with Gasteiger partial charge in [0, 0.05) is 37.4 Å². The highest BCUT2D eigenvalue weighted by molar-refractivity contribution is 7.19. The number of rotatable bonds is 8. The van der Waals surface area contributed by atoms with E-state index in [1.54, 1.807) is 32.5 Å². The number of methoxy groups -OCH3 is 2. The van der Waals surface area contributed by atoms with Crippen molar-refractivity contribution < 1.29 is 23.7 Å². The van der Waals surface area contributed by atoms with Crippen molar-refractivity contribution in [3.63, 3.8) is 0 Å². The second kappa shape index (κ2) is 11.4. The predicted octanol–water partition coefficient (Wildman–Crippen LogP) is 5.34. The lowest BCUT2D eigenvalue weighted by atomic mass is 9.97. The highest BCUT2D eigenvalue weighted by Gasteiger charge is 2.27. The average molecular weight is 527 g/mol. The molecule has 0 spiro atoms. The lowest BCUT2D eigenvalue weighted by Gasteiger charge is -2.31. The van der Waals surface area contributed by atoms with Crippen molar-refractivity contribution in [2.24, 2.45) is 0 Å². The quantitative estimate of drug-likeness (QED) is 0.390. The van der Waals surface area contributed by atoms with Crippen molar-refractivity contribution in [1.82, 2.24) is 9.97 Å². The van der Waals surface area contributed by atoms with Crippen molar-refractivity contribution >= 4 is 39.5 Å². The van der Waals surface area contributed by atoms with E-state index in [-0.39, 0.29) is 6.10 Å². The number of fused-ring (bicyclic) bond motifs is 3. The third kappa shape index (κ3) is 5.53. The molecule has 1 fully saturated rings. The summed E-state index contributed by atoms with van der Waals surface area (Å²) in [6.45, 7) is 4.13. The number of carbonyl (C=O) groups is 1. The first kappa shape index (κ1) is 25.4. The molecule has 1 N–H and O–H groups in total. The minimum Gasteiger partial charge on any atom is -0.493 e. The largest absolute Gasteiger partial charge is 0.508 e. The molecule has 0 saturated carbocycles. The fourth-order valence-corrected chi connectivity index (χ4v) is 6.31. The molecule has 3 aromatic rings. The number of nitrogens with zero attached hydrogens (tertiary/aromatic N) is 3. The molecule has 9 nitrogen and oxygen atoms in total. The summed E-state index contributed by atoms with van der Waals surface area (Å²) in [7, 11) is 3.29. The number of ether oxygens (including phenoxy) is 4. The molecule has 198 valence electrons. The number of nitrogens with one attached hydrogen (secondary N) is 1. The van der Waals surface area contributed by atoms with E-state index in [0.29, 0.717) is 24.7 Å². The van der Waals surface area contributed by atoms with Crippen LogP contribution in [0.4, 0.5) is 16.6 Å². The maximum Gasteiger partial charge on any atom is 0.508 e. The molecule has 0 bridgehead atoms. The highest BCUT2D eigenvalue weighted by Crippen LogP contribution is 2.40. The standard InChI is InChI=1S/C27H34N4O5S/c1-4-35-27(32)36-18-11-13-31(14-12-18)26-29-24(23-19-7-5-6-8-22(19)37-25(23)30-26)28-16-17-9-10-20(33-2)21(15-17)34-3/h9-10,15,18H,4-8,11-14,16H2,1-3H3,(H,28,29,30). The number of benzene rings is 1. The molecule has 3 heterocycles. The van der Waals surface area contributed by atoms with Crippen LogP contribution in [0, 0.1) is 0 Å². The summed E-state index contributed by atoms with van der Waals surface area (Å²) in [6.07, 6.45) is 5.30. The minimum absolute atomic E-state index is 0.143. The smallest absolute Gasteiger partial charge is 0.493 e. The molecule has 2 aromatic heterocycles. The van der Waals surface area contributed by atoms with E-state index in [9.17, 15) is 4.79 Å². The number of thiophene rings is 1. The topological polar surface area (TPSA) is 95.0 Å². The molecule has 1 aliphatic carbocycles. The van der Waals surface area contributed by atoms with Gasteiger partial charge in [-0.05, 0) is 55.9 Å². The van der Waals surface area contributed by atoms with Crippen LogP contribution in [-0.4, -0.2) is 56.1 Å². The van der Waals surface area contributed by atoms with Crippen LogP contribution in [0.1, 0.15) is 48.6 Å². The van der Waals surface area contributed by atoms with Crippen LogP contribution < -0.4 is 19.7 Å². The van der Waals surface area contributed by atoms with Gasteiger partial charge >= 0.3 is 6.16 Å². The van der Waals surface area contributed by atoms with Crippen LogP contribution in [0.25, 0.3) is 10.2 Å². The normalized spacial score (nSPS) is 15.8. The van der Waals surface area contributed by atoms with E-state index in [4.69, 9.17) is 28.9 Å². The number of piperidine rings is 1. The van der Waals surface area contributed by atoms with Crippen LogP contribution >= 0.6 is 11.3 Å². The summed E-state index contributed by atoms with van der Waals surface area (Å²) >= 11 is 1.80. The van der Waals surface area contributed by atoms with Gasteiger partial charge < -0.3 is 29.2 Å². The molecule has 0 radical (unpaired) electrons. The molecular weight excluding hydrogens is 492 g/mol. The molecule has 5 rings (SSSR count). The van der Waals surface area contributed by atoms with Gasteiger partial charge in [-0.2, -0.15) is 4.98 Å². The zero-order valence-electron chi connectivity index (χ0n) is 21.7. The van der Waals surface area contributed by atoms with Gasteiger partial charge in [0.05, 0.1) is 26.2 Å². The Morgan fingerprint density at radius 2 is 1.89 bits per heavy atom. The van der Waals surface area contributed by atoms with Crippen molar-refractivity contribution in [1.29, 1.82) is 0 Å². The number of hydrogen-bond donors (Lipinski definition) is 1. The molecule has 2 aliphatic rings. The number of aryl methyl sites for hydroxylation is 2. The van der Waals surface area contributed by atoms with E-state index >= 15 is 0 Å². The van der Waals surface area contributed by atoms with Crippen LogP contribution in [-0.2, 0) is 28.9 Å². The number of anilines is 2. The maximum atomic E-state index is 11.7. The first-order valence-corrected chi connectivity index (χ1v) is 13.8. The molecule has 37 heavy (non-hydrogen) atoms. The summed E-state index contributed by atoms with van der Waals surface area (Å²) in [5.74, 6) is 3.01. The van der Waals surface area contributed by atoms with E-state index < -0.39 is 6.16 Å². The Morgan fingerprint density at radius 1 is 1.11 bits per heavy atom. The second-order valence-corrected chi connectivity index (χ2v) is 10.4. The molecule has 1 saturated heterocycles. The Balaban J connectivity index is 1.39. The minimum atomic E-state index is -0.593. The Bertz CT molecular complexity index is 1260. The van der Waals surface area contributed by atoms with Crippen LogP contribution in [0.3, 0.4) is 0 Å². The monoisotopic (exact) mass is 526 g/mol. The van der Waals surface area contributed by atoms with Crippen molar-refractivity contribution in [2.45, 2.75) is 58.1 Å². The maximum absolute atomic E-state index is 11.7. The molecule has 0 unspecified atom stereocenters. The van der Waals surface area contributed by atoms with Crippen LogP contribution in [0.5, 0.6) is 11.5 Å². The summed E-state index contributed by atoms with van der Waals surface area (Å²) in [5.41, 5.74) is 2.47. The van der Waals surface area contributed by atoms with Crippen molar-refractivity contribution in [3.05, 3.63) is 34.2 Å². The van der Waals surface area contributed by atoms with E-state index in [2.05, 4.69) is 10.2 Å². The Labute approximate surface area is 221 Å². The predicted molar refractivity (Wildman–Crippen MR) is 144 cm³/mol. The Kier molecular flexibility index (Phi) is 7.83. The van der Waals surface area contributed by atoms with E-state index in [1.165, 1.54) is 23.3 Å². The molecule has 1 aromatic carbocycles. The second-order valence-electron chi connectivity index (χ2n) is 9.29. The summed E-state index contributed by atoms with van der Waals surface area (Å²) in [6, 6.07) is 5.94. The first-order chi connectivity index (χ1) is 18.1. The van der Waals surface area contributed by atoms with Crippen LogP contribution in [0.15, 0.2) is 18.2 Å². The summed E-state index contributed by atoms with van der Waals surface area (Å²) in [5, 5.41) is 4.76. The molecular formula is C27H34N4O5S. The number of hydrogen-bond acceptors (Lipinski definition) is 10. The zero-order valence-corrected chi connectivity index (χ0v) is 22.5. The Morgan fingerprint density at radius 3 is 2.65 bits per heavy atom. The van der Waals surface area contributed by atoms with Crippen molar-refractivity contribution in [3.8, 4) is 11.5 Å². The average Bonchev–Trinajstić information content (AvgIpc) is 3.30. The van der Waals surface area contributed by atoms with E-state index in [0.717, 1.165) is 66.3 Å². The van der Waals surface area contributed by atoms with Gasteiger partial charge in [0.15, 0.2) is 11.5 Å². The third-order valence-corrected chi connectivity index (χ3v) is 8.15. The van der Waals surface area contributed by atoms with Crippen molar-refractivity contribution in [2.75, 3.05) is 44.1 Å². The zero-order chi connectivity index (χ0) is 25.8. The van der Waals surface area contributed by atoms with Gasteiger partial charge in [-0.15, -0.1) is 11.3 Å². The van der Waals surface area contributed by atoms with Gasteiger partial charge in [0.1, 0.15) is 16.8 Å². The fraction of sp³-hybridized carbons (Fsp3) is 0.519. The molecule has 0 atom stereocenters. The SMILES string of the molecule is CCOC(=O)OC1CCN(c2nc(NCc3ccc(OC)c(OC)c3)c3c4c(sc3n2)CCCC4)CC1. The summed E-state index contributed by atoms with van der Waals surface area (Å²) < 4.78 is 21.2. The van der Waals surface area contributed by atoms with E-state index in [1.807, 2.05) is 18.2 Å². The highest BCUT2D eigenvalue weighted by atomic mass is 32.1. The molecule has 0 amide bonds. The van der Waals surface area contributed by atoms with Gasteiger partial charge in [0.25, 0.3) is 0 Å². The van der Waals surface area contributed by atoms with Gasteiger partial charge in [-0.25, -0.2) is 9.78 Å². The molecule has 1 aliphatic heterocycles. The van der Waals surface area contributed by atoms with Gasteiger partial charge in [0.2, 0.25) is 5.95 Å². The van der Waals surface area contributed by atoms with Gasteiger partial charge in [-0.1, -0.05) is 6.07 Å². The lowest BCUT2D eigenvalue weighted by Crippen LogP contribution is -2.39. The first-order valence-electron chi connectivity index (χ1n) is 12.9. The fourth-order valence-electron chi connectivity index (χ4n) is 5.05. The summed E-state index contributed by atoms with van der Waals surface area (Å²) in [4.78, 5) is 26.4. The third-order valence-electron chi connectivity index (χ3n) is 6.96. The van der Waals surface area contributed by atoms with Gasteiger partial charge in [-0.3, -0.25) is 0 Å². The lowest BCUT2D eigenvalue weighted by molar-refractivity contribution is 0.0183. The number of carbonyl (C=O) groups excluding carboxylic acids is 1.